The zero-order valence-corrected chi connectivity index (χ0v) is 17.9. The molecule has 1 saturated heterocycles. The van der Waals surface area contributed by atoms with Crippen molar-refractivity contribution in [1.82, 2.24) is 14.9 Å². The van der Waals surface area contributed by atoms with Crippen molar-refractivity contribution in [1.29, 1.82) is 0 Å². The number of imidazole rings is 1. The number of hydrogen-bond donors (Lipinski definition) is 2. The number of halogens is 6. The maximum atomic E-state index is 13.6. The summed E-state index contributed by atoms with van der Waals surface area (Å²) in [7, 11) is 0. The Morgan fingerprint density at radius 2 is 1.90 bits per heavy atom. The van der Waals surface area contributed by atoms with E-state index in [9.17, 15) is 26.7 Å². The first-order valence-electron chi connectivity index (χ1n) is 8.87. The molecule has 3 rings (SSSR count). The topological polar surface area (TPSA) is 75.0 Å². The number of aromatic nitrogens is 2. The van der Waals surface area contributed by atoms with Crippen LogP contribution in [-0.2, 0) is 21.3 Å². The number of rotatable bonds is 5. The van der Waals surface area contributed by atoms with E-state index in [1.807, 2.05) is 0 Å². The minimum absolute atomic E-state index is 0.0280. The zero-order valence-electron chi connectivity index (χ0n) is 15.7. The molecule has 3 N–H and O–H groups in total. The van der Waals surface area contributed by atoms with E-state index in [1.54, 1.807) is 18.7 Å². The molecule has 0 spiro atoms. The van der Waals surface area contributed by atoms with Gasteiger partial charge in [-0.05, 0) is 26.0 Å². The highest BCUT2D eigenvalue weighted by atomic mass is 127. The van der Waals surface area contributed by atoms with Crippen LogP contribution in [0.4, 0.5) is 22.0 Å². The molecule has 0 unspecified atom stereocenters. The fourth-order valence-corrected chi connectivity index (χ4v) is 3.63. The van der Waals surface area contributed by atoms with E-state index >= 15 is 0 Å². The average molecular weight is 530 g/mol. The second-order valence-electron chi connectivity index (χ2n) is 8.13. The summed E-state index contributed by atoms with van der Waals surface area (Å²) in [4.78, 5) is 20.5. The molecular weight excluding hydrogens is 510 g/mol. The Hall–Kier alpha value is -1.50. The van der Waals surface area contributed by atoms with Crippen LogP contribution in [0.1, 0.15) is 37.2 Å². The number of fused-ring (bicyclic) bond motifs is 1. The molecule has 2 heterocycles. The second-order valence-corrected chi connectivity index (χ2v) is 9.49. The molecule has 5 nitrogen and oxygen atoms in total. The summed E-state index contributed by atoms with van der Waals surface area (Å²) in [5.74, 6) is 0.225. The van der Waals surface area contributed by atoms with Crippen LogP contribution in [0.25, 0.3) is 11.0 Å². The Morgan fingerprint density at radius 1 is 1.28 bits per heavy atom. The highest BCUT2D eigenvalue weighted by Gasteiger charge is 2.38. The summed E-state index contributed by atoms with van der Waals surface area (Å²) >= 11 is 0.798. The monoisotopic (exact) mass is 530 g/mol. The summed E-state index contributed by atoms with van der Waals surface area (Å²) in [6.45, 7) is 4.41. The van der Waals surface area contributed by atoms with E-state index in [0.29, 0.717) is 25.6 Å². The van der Waals surface area contributed by atoms with E-state index < -0.39 is 26.8 Å². The number of nitrogens with zero attached hydrogens (tertiary/aromatic N) is 2. The van der Waals surface area contributed by atoms with Crippen molar-refractivity contribution >= 4 is 39.5 Å². The van der Waals surface area contributed by atoms with Crippen molar-refractivity contribution in [3.8, 4) is 0 Å². The third kappa shape index (κ3) is 5.16. The van der Waals surface area contributed by atoms with Gasteiger partial charge in [-0.1, -0.05) is 0 Å². The van der Waals surface area contributed by atoms with Crippen molar-refractivity contribution in [2.75, 3.05) is 13.1 Å². The summed E-state index contributed by atoms with van der Waals surface area (Å²) < 4.78 is 63.8. The molecule has 1 aromatic carbocycles. The van der Waals surface area contributed by atoms with Crippen LogP contribution >= 0.6 is 22.6 Å². The quantitative estimate of drug-likeness (QED) is 0.346. The maximum absolute atomic E-state index is 13.6. The first-order chi connectivity index (χ1) is 13.1. The summed E-state index contributed by atoms with van der Waals surface area (Å²) in [5.41, 5.74) is 2.82. The summed E-state index contributed by atoms with van der Waals surface area (Å²) in [6, 6.07) is 1.44. The molecule has 0 atom stereocenters. The number of carbonyl (C=O) groups excluding carboxylic acids is 1. The first kappa shape index (κ1) is 22.2. The number of nitrogens with two attached hydrogens (primary N) is 1. The second kappa shape index (κ2) is 7.33. The van der Waals surface area contributed by atoms with Crippen LogP contribution in [0.5, 0.6) is 0 Å². The van der Waals surface area contributed by atoms with Gasteiger partial charge < -0.3 is 15.6 Å². The minimum atomic E-state index is -4.81. The van der Waals surface area contributed by atoms with Gasteiger partial charge in [0, 0.05) is 65.5 Å². The Bertz CT molecular complexity index is 923. The molecule has 0 aliphatic carbocycles. The number of alkyl halides is 6. The van der Waals surface area contributed by atoms with Crippen molar-refractivity contribution in [3.05, 3.63) is 29.1 Å². The Balaban J connectivity index is 1.78. The largest absolute Gasteiger partial charge is 0.418 e. The molecule has 11 heteroatoms. The molecule has 0 bridgehead atoms. The summed E-state index contributed by atoms with van der Waals surface area (Å²) in [6.07, 6.45) is -4.29. The molecule has 0 radical (unpaired) electrons. The molecule has 29 heavy (non-hydrogen) atoms. The Morgan fingerprint density at radius 3 is 2.41 bits per heavy atom. The van der Waals surface area contributed by atoms with Gasteiger partial charge in [-0.15, -0.1) is 0 Å². The molecule has 1 fully saturated rings. The molecule has 1 aliphatic rings. The summed E-state index contributed by atoms with van der Waals surface area (Å²) in [5, 5.41) is 0. The van der Waals surface area contributed by atoms with Crippen molar-refractivity contribution in [2.45, 2.75) is 42.3 Å². The number of H-pyrrole nitrogens is 1. The van der Waals surface area contributed by atoms with E-state index in [-0.39, 0.29) is 35.1 Å². The van der Waals surface area contributed by atoms with Gasteiger partial charge in [-0.3, -0.25) is 4.79 Å². The number of hydrogen-bond acceptors (Lipinski definition) is 3. The average Bonchev–Trinajstić information content (AvgIpc) is 2.87. The van der Waals surface area contributed by atoms with Gasteiger partial charge in [0.05, 0.1) is 11.1 Å². The van der Waals surface area contributed by atoms with Gasteiger partial charge in [-0.2, -0.15) is 22.0 Å². The molecule has 1 aliphatic heterocycles. The number of likely N-dealkylation sites (tertiary alicyclic amines) is 1. The van der Waals surface area contributed by atoms with Gasteiger partial charge in [0.25, 0.3) is 0 Å². The van der Waals surface area contributed by atoms with Crippen LogP contribution in [0.15, 0.2) is 12.1 Å². The first-order valence-corrected chi connectivity index (χ1v) is 9.95. The lowest BCUT2D eigenvalue weighted by Crippen LogP contribution is -2.53. The highest BCUT2D eigenvalue weighted by molar-refractivity contribution is 14.1. The lowest BCUT2D eigenvalue weighted by atomic mass is 9.93. The Kier molecular flexibility index (Phi) is 5.61. The van der Waals surface area contributed by atoms with Crippen LogP contribution in [0, 0.1) is 5.92 Å². The fourth-order valence-electron chi connectivity index (χ4n) is 3.32. The van der Waals surface area contributed by atoms with Gasteiger partial charge >= 0.3 is 10.1 Å². The van der Waals surface area contributed by atoms with Crippen molar-refractivity contribution in [2.24, 2.45) is 11.7 Å². The number of aromatic amines is 1. The normalized spacial score (nSPS) is 16.4. The van der Waals surface area contributed by atoms with Crippen molar-refractivity contribution in [3.63, 3.8) is 0 Å². The zero-order chi connectivity index (χ0) is 21.8. The standard InChI is InChI=1S/C18H20F5IN4O/c1-16(2,25)6-14(29)28-7-9(8-28)3-13-26-12-5-10(18(22,23)24)4-11(15(12)27-13)17(19,20)21/h4-5,9H,3,6-8,25H2,1-2H3,(H,26,27). The molecule has 0 saturated carbocycles. The predicted octanol–water partition coefficient (Wildman–Crippen LogP) is 4.19. The molecular formula is C18H20F5IN4O. The van der Waals surface area contributed by atoms with E-state index in [0.717, 1.165) is 28.7 Å². The minimum Gasteiger partial charge on any atom is -0.342 e. The SMILES string of the molecule is CC(C)(N)CC(=O)N1CC(Cc2nc3c(C(F)(F)F)cc(C(F)(F)I)cc3[nH]2)C1. The highest BCUT2D eigenvalue weighted by Crippen LogP contribution is 2.41. The Labute approximate surface area is 177 Å². The van der Waals surface area contributed by atoms with Crippen LogP contribution in [0.3, 0.4) is 0 Å². The molecule has 160 valence electrons. The smallest absolute Gasteiger partial charge is 0.342 e. The van der Waals surface area contributed by atoms with Gasteiger partial charge in [0.1, 0.15) is 11.3 Å². The molecule has 1 amide bonds. The van der Waals surface area contributed by atoms with Crippen LogP contribution < -0.4 is 5.73 Å². The lowest BCUT2D eigenvalue weighted by molar-refractivity contribution is -0.138. The van der Waals surface area contributed by atoms with E-state index in [2.05, 4.69) is 9.97 Å². The third-order valence-electron chi connectivity index (χ3n) is 4.67. The number of amides is 1. The van der Waals surface area contributed by atoms with Crippen molar-refractivity contribution < 1.29 is 26.7 Å². The maximum Gasteiger partial charge on any atom is 0.418 e. The van der Waals surface area contributed by atoms with Gasteiger partial charge in [0.15, 0.2) is 0 Å². The number of carbonyl (C=O) groups is 1. The lowest BCUT2D eigenvalue weighted by Gasteiger charge is -2.40. The van der Waals surface area contributed by atoms with E-state index in [1.165, 1.54) is 0 Å². The fraction of sp³-hybridized carbons (Fsp3) is 0.556. The van der Waals surface area contributed by atoms with Crippen LogP contribution in [-0.4, -0.2) is 39.4 Å². The molecule has 1 aromatic heterocycles. The number of nitrogens with one attached hydrogen (secondary N) is 1. The third-order valence-corrected chi connectivity index (χ3v) is 5.29. The molecule has 2 aromatic rings. The van der Waals surface area contributed by atoms with E-state index in [4.69, 9.17) is 5.73 Å². The van der Waals surface area contributed by atoms with Gasteiger partial charge in [0.2, 0.25) is 5.91 Å². The van der Waals surface area contributed by atoms with Crippen LogP contribution in [0.2, 0.25) is 0 Å². The predicted molar refractivity (Wildman–Crippen MR) is 106 cm³/mol. The number of benzene rings is 1. The van der Waals surface area contributed by atoms with Gasteiger partial charge in [-0.25, -0.2) is 4.98 Å².